The Morgan fingerprint density at radius 1 is 1.11 bits per heavy atom. The zero-order chi connectivity index (χ0) is 19.7. The van der Waals surface area contributed by atoms with E-state index in [1.807, 2.05) is 30.3 Å². The molecule has 0 atom stereocenters. The summed E-state index contributed by atoms with van der Waals surface area (Å²) in [5.41, 5.74) is 1.71. The van der Waals surface area contributed by atoms with Gasteiger partial charge >= 0.3 is 0 Å². The van der Waals surface area contributed by atoms with E-state index in [1.165, 1.54) is 12.1 Å². The number of fused-ring (bicyclic) bond motifs is 1. The molecule has 0 unspecified atom stereocenters. The molecule has 1 fully saturated rings. The number of nitrogens with zero attached hydrogens (tertiary/aromatic N) is 1. The number of carbonyl (C=O) groups is 1. The Morgan fingerprint density at radius 3 is 2.61 bits per heavy atom. The molecule has 1 amide bonds. The molecule has 9 heteroatoms. The molecule has 0 bridgehead atoms. The molecule has 0 spiro atoms. The minimum absolute atomic E-state index is 0.0491. The van der Waals surface area contributed by atoms with Crippen LogP contribution < -0.4 is 9.57 Å². The maximum absolute atomic E-state index is 12.7. The van der Waals surface area contributed by atoms with E-state index in [-0.39, 0.29) is 9.22 Å². The third-order valence-corrected chi connectivity index (χ3v) is 6.65. The third kappa shape index (κ3) is 3.74. The number of benzene rings is 2. The lowest BCUT2D eigenvalue weighted by atomic mass is 10.1. The fourth-order valence-corrected chi connectivity index (χ4v) is 5.05. The number of hydrazine groups is 1. The number of sulfonamides is 1. The monoisotopic (exact) mass is 430 g/mol. The summed E-state index contributed by atoms with van der Waals surface area (Å²) in [7, 11) is -3.92. The van der Waals surface area contributed by atoms with Crippen LogP contribution in [0.3, 0.4) is 0 Å². The average molecular weight is 431 g/mol. The summed E-state index contributed by atoms with van der Waals surface area (Å²) in [5.74, 6) is 0.261. The molecule has 28 heavy (non-hydrogen) atoms. The Hall–Kier alpha value is -2.46. The number of hydrogen-bond acceptors (Lipinski definition) is 6. The van der Waals surface area contributed by atoms with E-state index >= 15 is 0 Å². The Morgan fingerprint density at radius 2 is 1.82 bits per heavy atom. The molecule has 2 aromatic carbocycles. The fourth-order valence-electron chi connectivity index (χ4n) is 2.70. The normalized spacial score (nSPS) is 18.1. The van der Waals surface area contributed by atoms with E-state index in [2.05, 4.69) is 4.83 Å². The van der Waals surface area contributed by atoms with Gasteiger partial charge in [-0.05, 0) is 35.9 Å². The zero-order valence-corrected chi connectivity index (χ0v) is 16.8. The van der Waals surface area contributed by atoms with Gasteiger partial charge in [0.1, 0.15) is 12.4 Å². The Balaban J connectivity index is 1.57. The summed E-state index contributed by atoms with van der Waals surface area (Å²) in [4.78, 5) is 15.3. The van der Waals surface area contributed by atoms with Crippen molar-refractivity contribution in [2.24, 2.45) is 0 Å². The van der Waals surface area contributed by atoms with Gasteiger partial charge in [0.15, 0.2) is 4.32 Å². The molecule has 2 aromatic rings. The van der Waals surface area contributed by atoms with Crippen LogP contribution >= 0.6 is 24.0 Å². The van der Waals surface area contributed by atoms with Crippen molar-refractivity contribution in [3.8, 4) is 5.75 Å². The first kappa shape index (κ1) is 18.9. The van der Waals surface area contributed by atoms with Crippen LogP contribution in [0.25, 0.3) is 6.08 Å². The molecular formula is C19H14N2O4S3. The van der Waals surface area contributed by atoms with Crippen LogP contribution in [0, 0.1) is 0 Å². The Labute approximate surface area is 171 Å². The number of nitrogens with one attached hydrogen (secondary N) is 1. The van der Waals surface area contributed by atoms with E-state index in [0.29, 0.717) is 11.5 Å². The number of rotatable bonds is 4. The largest absolute Gasteiger partial charge is 0.488 e. The van der Waals surface area contributed by atoms with Crippen molar-refractivity contribution < 1.29 is 17.9 Å². The van der Waals surface area contributed by atoms with Crippen LogP contribution in [-0.2, 0) is 14.8 Å². The quantitative estimate of drug-likeness (QED) is 0.593. The van der Waals surface area contributed by atoms with Crippen molar-refractivity contribution in [3.63, 3.8) is 0 Å². The second-order valence-electron chi connectivity index (χ2n) is 5.97. The predicted molar refractivity (Wildman–Crippen MR) is 112 cm³/mol. The Kier molecular flexibility index (Phi) is 5.07. The van der Waals surface area contributed by atoms with E-state index in [0.717, 1.165) is 33.7 Å². The van der Waals surface area contributed by atoms with Crippen molar-refractivity contribution in [2.75, 3.05) is 6.61 Å². The molecule has 2 heterocycles. The lowest BCUT2D eigenvalue weighted by Gasteiger charge is -2.16. The molecule has 2 aliphatic heterocycles. The predicted octanol–water partition coefficient (Wildman–Crippen LogP) is 3.10. The van der Waals surface area contributed by atoms with Crippen LogP contribution in [-0.4, -0.2) is 30.3 Å². The molecule has 1 saturated heterocycles. The van der Waals surface area contributed by atoms with E-state index < -0.39 is 15.9 Å². The molecule has 4 rings (SSSR count). The van der Waals surface area contributed by atoms with Gasteiger partial charge in [-0.1, -0.05) is 60.4 Å². The van der Waals surface area contributed by atoms with Crippen LogP contribution in [0.1, 0.15) is 5.56 Å². The highest BCUT2D eigenvalue weighted by molar-refractivity contribution is 8.26. The van der Waals surface area contributed by atoms with Gasteiger partial charge in [-0.3, -0.25) is 4.79 Å². The van der Waals surface area contributed by atoms with Gasteiger partial charge in [0.05, 0.1) is 9.80 Å². The highest BCUT2D eigenvalue weighted by Gasteiger charge is 2.35. The molecule has 0 radical (unpaired) electrons. The third-order valence-electron chi connectivity index (χ3n) is 4.03. The molecule has 142 valence electrons. The van der Waals surface area contributed by atoms with E-state index in [9.17, 15) is 13.2 Å². The number of para-hydroxylation sites is 1. The first-order valence-corrected chi connectivity index (χ1v) is 10.9. The van der Waals surface area contributed by atoms with E-state index in [4.69, 9.17) is 17.0 Å². The Bertz CT molecular complexity index is 1120. The van der Waals surface area contributed by atoms with Crippen molar-refractivity contribution >= 4 is 50.3 Å². The molecule has 6 nitrogen and oxygen atoms in total. The summed E-state index contributed by atoms with van der Waals surface area (Å²) in [5, 5.41) is 0.881. The SMILES string of the molecule is O=C1/C(=C/C2=Cc3ccccc3OC2)SC(=S)N1NS(=O)(=O)c1ccccc1. The van der Waals surface area contributed by atoms with Gasteiger partial charge in [-0.15, -0.1) is 4.83 Å². The molecule has 0 aromatic heterocycles. The average Bonchev–Trinajstić information content (AvgIpc) is 2.95. The summed E-state index contributed by atoms with van der Waals surface area (Å²) in [6.07, 6.45) is 3.60. The topological polar surface area (TPSA) is 75.7 Å². The van der Waals surface area contributed by atoms with Gasteiger partial charge in [0, 0.05) is 5.56 Å². The zero-order valence-electron chi connectivity index (χ0n) is 14.4. The number of carbonyl (C=O) groups excluding carboxylic acids is 1. The summed E-state index contributed by atoms with van der Waals surface area (Å²) >= 11 is 6.23. The molecule has 0 aliphatic carbocycles. The van der Waals surface area contributed by atoms with E-state index in [1.54, 1.807) is 24.3 Å². The molecule has 1 N–H and O–H groups in total. The second kappa shape index (κ2) is 7.51. The number of amides is 1. The fraction of sp³-hybridized carbons (Fsp3) is 0.0526. The minimum atomic E-state index is -3.92. The number of thioether (sulfide) groups is 1. The van der Waals surface area contributed by atoms with Crippen LogP contribution in [0.2, 0.25) is 0 Å². The van der Waals surface area contributed by atoms with Gasteiger partial charge in [-0.2, -0.15) is 0 Å². The van der Waals surface area contributed by atoms with Crippen molar-refractivity contribution in [1.29, 1.82) is 0 Å². The maximum atomic E-state index is 12.7. The van der Waals surface area contributed by atoms with Crippen LogP contribution in [0.15, 0.2) is 76.0 Å². The summed E-state index contributed by atoms with van der Waals surface area (Å²) in [6.45, 7) is 0.316. The van der Waals surface area contributed by atoms with Crippen LogP contribution in [0.5, 0.6) is 5.75 Å². The lowest BCUT2D eigenvalue weighted by molar-refractivity contribution is -0.123. The first-order valence-electron chi connectivity index (χ1n) is 8.22. The summed E-state index contributed by atoms with van der Waals surface area (Å²) < 4.78 is 30.8. The standard InChI is InChI=1S/C19H14N2O4S3/c22-18-17(11-13-10-14-6-4-5-9-16(14)25-12-13)27-19(26)21(18)20-28(23,24)15-7-2-1-3-8-15/h1-11,20H,12H2/b17-11-. The number of ether oxygens (including phenoxy) is 1. The van der Waals surface area contributed by atoms with Gasteiger partial charge in [0.25, 0.3) is 15.9 Å². The summed E-state index contributed by atoms with van der Waals surface area (Å²) in [6, 6.07) is 15.4. The number of hydrogen-bond donors (Lipinski definition) is 1. The van der Waals surface area contributed by atoms with Crippen molar-refractivity contribution in [1.82, 2.24) is 9.84 Å². The molecule has 0 saturated carbocycles. The lowest BCUT2D eigenvalue weighted by Crippen LogP contribution is -2.44. The van der Waals surface area contributed by atoms with Gasteiger partial charge in [-0.25, -0.2) is 13.4 Å². The minimum Gasteiger partial charge on any atom is -0.488 e. The second-order valence-corrected chi connectivity index (χ2v) is 9.31. The maximum Gasteiger partial charge on any atom is 0.281 e. The highest BCUT2D eigenvalue weighted by Crippen LogP contribution is 2.33. The first-order chi connectivity index (χ1) is 13.4. The number of thiocarbonyl (C=S) groups is 1. The van der Waals surface area contributed by atoms with Crippen molar-refractivity contribution in [3.05, 3.63) is 76.7 Å². The molecular weight excluding hydrogens is 416 g/mol. The van der Waals surface area contributed by atoms with Gasteiger partial charge in [0.2, 0.25) is 0 Å². The smallest absolute Gasteiger partial charge is 0.281 e. The highest BCUT2D eigenvalue weighted by atomic mass is 32.2. The van der Waals surface area contributed by atoms with Crippen molar-refractivity contribution in [2.45, 2.75) is 4.90 Å². The molecule has 2 aliphatic rings. The van der Waals surface area contributed by atoms with Crippen LogP contribution in [0.4, 0.5) is 0 Å². The van der Waals surface area contributed by atoms with Gasteiger partial charge < -0.3 is 4.74 Å².